The minimum Gasteiger partial charge on any atom is -0.435 e. The van der Waals surface area contributed by atoms with Crippen molar-refractivity contribution >= 4 is 32.6 Å². The van der Waals surface area contributed by atoms with Crippen LogP contribution in [0.4, 0.5) is 0 Å². The fourth-order valence-electron chi connectivity index (χ4n) is 7.59. The quantitative estimate of drug-likeness (QED) is 0.191. The normalized spacial score (nSPS) is 13.2. The Balaban J connectivity index is 1.21. The lowest BCUT2D eigenvalue weighted by atomic mass is 9.82. The first-order chi connectivity index (χ1) is 24.5. The number of fused-ring (bicyclic) bond motifs is 7. The maximum atomic E-state index is 6.53. The van der Waals surface area contributed by atoms with E-state index in [0.717, 1.165) is 43.9 Å². The lowest BCUT2D eigenvalue weighted by Gasteiger charge is -2.21. The van der Waals surface area contributed by atoms with Crippen LogP contribution in [-0.2, 0) is 5.41 Å². The van der Waals surface area contributed by atoms with Crippen molar-refractivity contribution in [1.29, 1.82) is 0 Å². The standard InChI is InChI=1S/C45H30N4O/c1-45(2)36-18-9-8-16-33(36)35-26-32(21-23-37(35)45)42-47-41(31-20-19-27-11-6-7-14-30(27)25-31)48-43(49-42)34-17-10-15-28-22-24-38-40(39(28)34)50-44(46-38)29-12-4-3-5-13-29/h3-26H,1-2H3. The van der Waals surface area contributed by atoms with Crippen LogP contribution in [0.5, 0.6) is 0 Å². The van der Waals surface area contributed by atoms with Crippen molar-refractivity contribution in [3.8, 4) is 56.7 Å². The third-order valence-electron chi connectivity index (χ3n) is 10.1. The molecule has 0 bridgehead atoms. The molecule has 236 valence electrons. The molecule has 5 heteroatoms. The molecule has 0 saturated heterocycles. The molecule has 9 aromatic rings. The number of aromatic nitrogens is 4. The number of rotatable bonds is 4. The molecule has 1 aliphatic carbocycles. The van der Waals surface area contributed by atoms with Gasteiger partial charge in [-0.15, -0.1) is 0 Å². The highest BCUT2D eigenvalue weighted by molar-refractivity contribution is 6.10. The molecule has 0 atom stereocenters. The lowest BCUT2D eigenvalue weighted by molar-refractivity contribution is 0.623. The van der Waals surface area contributed by atoms with Crippen LogP contribution in [0.2, 0.25) is 0 Å². The van der Waals surface area contributed by atoms with Gasteiger partial charge in [-0.1, -0.05) is 129 Å². The van der Waals surface area contributed by atoms with E-state index in [0.29, 0.717) is 28.9 Å². The fourth-order valence-corrected chi connectivity index (χ4v) is 7.59. The van der Waals surface area contributed by atoms with Gasteiger partial charge >= 0.3 is 0 Å². The molecule has 5 nitrogen and oxygen atoms in total. The Kier molecular flexibility index (Phi) is 6.15. The first kappa shape index (κ1) is 28.5. The van der Waals surface area contributed by atoms with Gasteiger partial charge in [-0.05, 0) is 68.7 Å². The highest BCUT2D eigenvalue weighted by Gasteiger charge is 2.35. The third-order valence-corrected chi connectivity index (χ3v) is 10.1. The van der Waals surface area contributed by atoms with E-state index >= 15 is 0 Å². The first-order valence-corrected chi connectivity index (χ1v) is 16.9. The van der Waals surface area contributed by atoms with Gasteiger partial charge in [-0.3, -0.25) is 0 Å². The van der Waals surface area contributed by atoms with Crippen molar-refractivity contribution < 1.29 is 4.42 Å². The van der Waals surface area contributed by atoms with Crippen LogP contribution < -0.4 is 0 Å². The van der Waals surface area contributed by atoms with E-state index in [-0.39, 0.29) is 5.41 Å². The van der Waals surface area contributed by atoms with E-state index in [2.05, 4.69) is 117 Å². The molecule has 0 amide bonds. The van der Waals surface area contributed by atoms with Gasteiger partial charge in [0.1, 0.15) is 5.52 Å². The molecule has 0 fully saturated rings. The number of oxazole rings is 1. The summed E-state index contributed by atoms with van der Waals surface area (Å²) in [5.74, 6) is 2.39. The predicted octanol–water partition coefficient (Wildman–Crippen LogP) is 11.3. The Morgan fingerprint density at radius 1 is 0.440 bits per heavy atom. The second kappa shape index (κ2) is 10.8. The predicted molar refractivity (Wildman–Crippen MR) is 202 cm³/mol. The fraction of sp³-hybridized carbons (Fsp3) is 0.0667. The molecular formula is C45H30N4O. The molecule has 0 aliphatic heterocycles. The van der Waals surface area contributed by atoms with Gasteiger partial charge < -0.3 is 4.42 Å². The average Bonchev–Trinajstić information content (AvgIpc) is 3.71. The van der Waals surface area contributed by atoms with Crippen LogP contribution in [0.25, 0.3) is 89.4 Å². The highest BCUT2D eigenvalue weighted by Crippen LogP contribution is 2.49. The molecule has 7 aromatic carbocycles. The van der Waals surface area contributed by atoms with Crippen LogP contribution in [0.15, 0.2) is 150 Å². The molecule has 2 aromatic heterocycles. The Labute approximate surface area is 289 Å². The average molecular weight is 643 g/mol. The van der Waals surface area contributed by atoms with E-state index in [1.54, 1.807) is 0 Å². The molecule has 0 saturated carbocycles. The van der Waals surface area contributed by atoms with Gasteiger partial charge in [-0.2, -0.15) is 0 Å². The molecule has 0 N–H and O–H groups in total. The summed E-state index contributed by atoms with van der Waals surface area (Å²) in [6.45, 7) is 4.59. The van der Waals surface area contributed by atoms with Crippen LogP contribution in [0.3, 0.4) is 0 Å². The number of hydrogen-bond acceptors (Lipinski definition) is 5. The Morgan fingerprint density at radius 2 is 1.08 bits per heavy atom. The van der Waals surface area contributed by atoms with E-state index in [1.165, 1.54) is 27.6 Å². The van der Waals surface area contributed by atoms with Crippen LogP contribution in [0, 0.1) is 0 Å². The molecular weight excluding hydrogens is 613 g/mol. The summed E-state index contributed by atoms with van der Waals surface area (Å²) in [4.78, 5) is 20.4. The Bertz CT molecular complexity index is 2800. The Morgan fingerprint density at radius 3 is 1.94 bits per heavy atom. The van der Waals surface area contributed by atoms with Gasteiger partial charge in [0.2, 0.25) is 5.89 Å². The lowest BCUT2D eigenvalue weighted by Crippen LogP contribution is -2.14. The van der Waals surface area contributed by atoms with Crippen molar-refractivity contribution in [2.75, 3.05) is 0 Å². The van der Waals surface area contributed by atoms with Crippen LogP contribution >= 0.6 is 0 Å². The second-order valence-corrected chi connectivity index (χ2v) is 13.5. The van der Waals surface area contributed by atoms with Crippen molar-refractivity contribution in [3.05, 3.63) is 157 Å². The number of nitrogens with zero attached hydrogens (tertiary/aromatic N) is 4. The molecule has 0 spiro atoms. The monoisotopic (exact) mass is 642 g/mol. The number of hydrogen-bond donors (Lipinski definition) is 0. The van der Waals surface area contributed by atoms with Crippen LogP contribution in [-0.4, -0.2) is 19.9 Å². The molecule has 50 heavy (non-hydrogen) atoms. The topological polar surface area (TPSA) is 64.7 Å². The Hall–Kier alpha value is -6.46. The molecule has 0 radical (unpaired) electrons. The zero-order chi connectivity index (χ0) is 33.4. The van der Waals surface area contributed by atoms with Gasteiger partial charge in [0, 0.05) is 33.1 Å². The zero-order valence-corrected chi connectivity index (χ0v) is 27.6. The van der Waals surface area contributed by atoms with E-state index in [1.807, 2.05) is 42.5 Å². The third kappa shape index (κ3) is 4.40. The van der Waals surface area contributed by atoms with Gasteiger partial charge in [0.15, 0.2) is 23.1 Å². The molecule has 10 rings (SSSR count). The second-order valence-electron chi connectivity index (χ2n) is 13.5. The van der Waals surface area contributed by atoms with Gasteiger partial charge in [0.05, 0.1) is 0 Å². The molecule has 2 heterocycles. The highest BCUT2D eigenvalue weighted by atomic mass is 16.3. The maximum absolute atomic E-state index is 6.53. The molecule has 1 aliphatic rings. The summed E-state index contributed by atoms with van der Waals surface area (Å²) >= 11 is 0. The maximum Gasteiger partial charge on any atom is 0.227 e. The minimum atomic E-state index is -0.0883. The van der Waals surface area contributed by atoms with E-state index in [9.17, 15) is 0 Å². The summed E-state index contributed by atoms with van der Waals surface area (Å²) in [5.41, 5.74) is 10.2. The summed E-state index contributed by atoms with van der Waals surface area (Å²) in [7, 11) is 0. The summed E-state index contributed by atoms with van der Waals surface area (Å²) in [6.07, 6.45) is 0. The van der Waals surface area contributed by atoms with Crippen molar-refractivity contribution in [2.45, 2.75) is 19.3 Å². The van der Waals surface area contributed by atoms with Crippen LogP contribution in [0.1, 0.15) is 25.0 Å². The van der Waals surface area contributed by atoms with Gasteiger partial charge in [0.25, 0.3) is 0 Å². The summed E-state index contributed by atoms with van der Waals surface area (Å²) < 4.78 is 6.53. The smallest absolute Gasteiger partial charge is 0.227 e. The van der Waals surface area contributed by atoms with E-state index < -0.39 is 0 Å². The number of benzene rings is 7. The van der Waals surface area contributed by atoms with Crippen molar-refractivity contribution in [3.63, 3.8) is 0 Å². The zero-order valence-electron chi connectivity index (χ0n) is 27.6. The van der Waals surface area contributed by atoms with Crippen molar-refractivity contribution in [1.82, 2.24) is 19.9 Å². The van der Waals surface area contributed by atoms with Gasteiger partial charge in [-0.25, -0.2) is 19.9 Å². The first-order valence-electron chi connectivity index (χ1n) is 16.9. The molecule has 0 unspecified atom stereocenters. The van der Waals surface area contributed by atoms with Crippen molar-refractivity contribution in [2.24, 2.45) is 0 Å². The summed E-state index contributed by atoms with van der Waals surface area (Å²) in [6, 6.07) is 50.4. The SMILES string of the molecule is CC1(C)c2ccccc2-c2cc(-c3nc(-c4ccc5ccccc5c4)nc(-c4cccc5ccc6nc(-c7ccccc7)oc6c45)n3)ccc21. The van der Waals surface area contributed by atoms with E-state index in [4.69, 9.17) is 24.4 Å². The minimum absolute atomic E-state index is 0.0883. The summed E-state index contributed by atoms with van der Waals surface area (Å²) in [5, 5.41) is 4.25. The largest absolute Gasteiger partial charge is 0.435 e.